The summed E-state index contributed by atoms with van der Waals surface area (Å²) >= 11 is 0. The Morgan fingerprint density at radius 2 is 2.05 bits per heavy atom. The molecule has 4 nitrogen and oxygen atoms in total. The summed E-state index contributed by atoms with van der Waals surface area (Å²) in [5.74, 6) is -0.0679. The smallest absolute Gasteiger partial charge is 0.220 e. The van der Waals surface area contributed by atoms with Crippen molar-refractivity contribution in [3.05, 3.63) is 42.2 Å². The topological polar surface area (TPSA) is 68.0 Å². The molecule has 1 saturated carbocycles. The van der Waals surface area contributed by atoms with E-state index in [0.717, 1.165) is 32.2 Å². The molecule has 0 atom stereocenters. The van der Waals surface area contributed by atoms with Crippen LogP contribution in [0.5, 0.6) is 0 Å². The van der Waals surface area contributed by atoms with Gasteiger partial charge in [0.15, 0.2) is 0 Å². The third-order valence-corrected chi connectivity index (χ3v) is 4.48. The molecule has 0 bridgehead atoms. The Hall–Kier alpha value is -1.94. The second-order valence-electron chi connectivity index (χ2n) is 5.85. The highest BCUT2D eigenvalue weighted by Crippen LogP contribution is 2.24. The highest BCUT2D eigenvalue weighted by Gasteiger charge is 2.24. The average Bonchev–Trinajstić information content (AvgIpc) is 2.53. The van der Waals surface area contributed by atoms with Crippen LogP contribution in [0, 0.1) is 5.92 Å². The fraction of sp³-hybridized carbons (Fsp3) is 0.412. The van der Waals surface area contributed by atoms with Crippen LogP contribution >= 0.6 is 0 Å². The second-order valence-corrected chi connectivity index (χ2v) is 5.85. The van der Waals surface area contributed by atoms with Gasteiger partial charge in [0.25, 0.3) is 0 Å². The number of nitrogens with two attached hydrogens (primary N) is 1. The maximum absolute atomic E-state index is 11.2. The molecule has 2 aromatic rings. The van der Waals surface area contributed by atoms with Crippen molar-refractivity contribution in [3.8, 4) is 0 Å². The number of primary amides is 1. The Bertz CT molecular complexity index is 627. The molecule has 0 spiro atoms. The minimum Gasteiger partial charge on any atom is -0.369 e. The van der Waals surface area contributed by atoms with E-state index < -0.39 is 0 Å². The summed E-state index contributed by atoms with van der Waals surface area (Å²) in [5.41, 5.74) is 6.67. The summed E-state index contributed by atoms with van der Waals surface area (Å²) in [6.45, 7) is 0.854. The minimum absolute atomic E-state index is 0.0756. The molecule has 1 amide bonds. The van der Waals surface area contributed by atoms with E-state index in [0.29, 0.717) is 6.04 Å². The molecular formula is C17H21N3O. The molecule has 1 aromatic carbocycles. The maximum atomic E-state index is 11.2. The molecule has 1 aliphatic carbocycles. The lowest BCUT2D eigenvalue weighted by Crippen LogP contribution is -2.36. The van der Waals surface area contributed by atoms with Crippen LogP contribution < -0.4 is 11.1 Å². The Morgan fingerprint density at radius 1 is 1.24 bits per heavy atom. The summed E-state index contributed by atoms with van der Waals surface area (Å²) in [6.07, 6.45) is 7.61. The van der Waals surface area contributed by atoms with E-state index >= 15 is 0 Å². The van der Waals surface area contributed by atoms with Crippen LogP contribution in [0.15, 0.2) is 36.7 Å². The Morgan fingerprint density at radius 3 is 2.81 bits per heavy atom. The number of hydrogen-bond donors (Lipinski definition) is 2. The van der Waals surface area contributed by atoms with E-state index in [-0.39, 0.29) is 11.8 Å². The quantitative estimate of drug-likeness (QED) is 0.905. The first kappa shape index (κ1) is 14.0. The molecule has 3 rings (SSSR count). The number of fused-ring (bicyclic) bond motifs is 1. The molecule has 0 unspecified atom stereocenters. The molecule has 1 aliphatic rings. The molecule has 0 aliphatic heterocycles. The number of aromatic nitrogens is 1. The maximum Gasteiger partial charge on any atom is 0.220 e. The third-order valence-electron chi connectivity index (χ3n) is 4.48. The van der Waals surface area contributed by atoms with Gasteiger partial charge in [-0.1, -0.05) is 18.2 Å². The van der Waals surface area contributed by atoms with Crippen molar-refractivity contribution >= 4 is 16.7 Å². The van der Waals surface area contributed by atoms with Crippen LogP contribution in [0.2, 0.25) is 0 Å². The Labute approximate surface area is 124 Å². The lowest BCUT2D eigenvalue weighted by molar-refractivity contribution is -0.122. The largest absolute Gasteiger partial charge is 0.369 e. The highest BCUT2D eigenvalue weighted by atomic mass is 16.1. The van der Waals surface area contributed by atoms with E-state index in [2.05, 4.69) is 34.6 Å². The third kappa shape index (κ3) is 3.22. The molecule has 0 saturated heterocycles. The van der Waals surface area contributed by atoms with Gasteiger partial charge in [-0.25, -0.2) is 0 Å². The first-order valence-corrected chi connectivity index (χ1v) is 7.58. The van der Waals surface area contributed by atoms with E-state index in [1.54, 1.807) is 0 Å². The first-order chi connectivity index (χ1) is 10.2. The SMILES string of the molecule is NC(=O)C1CCC(NCc2cccc3cnccc23)CC1. The van der Waals surface area contributed by atoms with Gasteiger partial charge >= 0.3 is 0 Å². The Kier molecular flexibility index (Phi) is 4.15. The zero-order valence-corrected chi connectivity index (χ0v) is 12.1. The van der Waals surface area contributed by atoms with E-state index in [9.17, 15) is 4.79 Å². The normalized spacial score (nSPS) is 22.3. The molecule has 3 N–H and O–H groups in total. The van der Waals surface area contributed by atoms with E-state index in [1.165, 1.54) is 16.3 Å². The van der Waals surface area contributed by atoms with Crippen molar-refractivity contribution in [1.29, 1.82) is 0 Å². The standard InChI is InChI=1S/C17H21N3O/c18-17(21)12-4-6-15(7-5-12)20-11-14-3-1-2-13-10-19-9-8-16(13)14/h1-3,8-10,12,15,20H,4-7,11H2,(H2,18,21). The molecule has 1 fully saturated rings. The summed E-state index contributed by atoms with van der Waals surface area (Å²) in [7, 11) is 0. The van der Waals surface area contributed by atoms with Crippen molar-refractivity contribution in [2.45, 2.75) is 38.3 Å². The monoisotopic (exact) mass is 283 g/mol. The van der Waals surface area contributed by atoms with E-state index in [4.69, 9.17) is 5.73 Å². The number of pyridine rings is 1. The van der Waals surface area contributed by atoms with Gasteiger partial charge < -0.3 is 11.1 Å². The number of carbonyl (C=O) groups excluding carboxylic acids is 1. The van der Waals surface area contributed by atoms with E-state index in [1.807, 2.05) is 12.4 Å². The summed E-state index contributed by atoms with van der Waals surface area (Å²) < 4.78 is 0. The van der Waals surface area contributed by atoms with Gasteiger partial charge in [-0.15, -0.1) is 0 Å². The van der Waals surface area contributed by atoms with Crippen molar-refractivity contribution in [1.82, 2.24) is 10.3 Å². The predicted molar refractivity (Wildman–Crippen MR) is 83.5 cm³/mol. The number of carbonyl (C=O) groups is 1. The van der Waals surface area contributed by atoms with Crippen molar-refractivity contribution in [2.24, 2.45) is 11.7 Å². The van der Waals surface area contributed by atoms with Crippen molar-refractivity contribution < 1.29 is 4.79 Å². The van der Waals surface area contributed by atoms with Gasteiger partial charge in [0.05, 0.1) is 0 Å². The fourth-order valence-electron chi connectivity index (χ4n) is 3.18. The van der Waals surface area contributed by atoms with Crippen molar-refractivity contribution in [2.75, 3.05) is 0 Å². The first-order valence-electron chi connectivity index (χ1n) is 7.58. The van der Waals surface area contributed by atoms with Gasteiger partial charge in [0, 0.05) is 36.3 Å². The molecular weight excluding hydrogens is 262 g/mol. The average molecular weight is 283 g/mol. The Balaban J connectivity index is 1.61. The van der Waals surface area contributed by atoms with Gasteiger partial charge in [-0.3, -0.25) is 9.78 Å². The van der Waals surface area contributed by atoms with Crippen LogP contribution in [-0.4, -0.2) is 16.9 Å². The number of nitrogens with zero attached hydrogens (tertiary/aromatic N) is 1. The van der Waals surface area contributed by atoms with Crippen LogP contribution in [0.1, 0.15) is 31.2 Å². The lowest BCUT2D eigenvalue weighted by Gasteiger charge is -2.27. The number of nitrogens with one attached hydrogen (secondary N) is 1. The van der Waals surface area contributed by atoms with Crippen molar-refractivity contribution in [3.63, 3.8) is 0 Å². The number of amides is 1. The number of hydrogen-bond acceptors (Lipinski definition) is 3. The second kappa shape index (κ2) is 6.22. The van der Waals surface area contributed by atoms with Crippen LogP contribution in [0.4, 0.5) is 0 Å². The summed E-state index contributed by atoms with van der Waals surface area (Å²) in [4.78, 5) is 15.3. The van der Waals surface area contributed by atoms with Gasteiger partial charge in [-0.05, 0) is 42.7 Å². The number of benzene rings is 1. The number of rotatable bonds is 4. The lowest BCUT2D eigenvalue weighted by atomic mass is 9.85. The molecule has 0 radical (unpaired) electrons. The highest BCUT2D eigenvalue weighted by molar-refractivity contribution is 5.84. The van der Waals surface area contributed by atoms with Gasteiger partial charge in [0.1, 0.15) is 0 Å². The fourth-order valence-corrected chi connectivity index (χ4v) is 3.18. The molecule has 1 aromatic heterocycles. The van der Waals surface area contributed by atoms with Crippen LogP contribution in [0.25, 0.3) is 10.8 Å². The minimum atomic E-state index is -0.144. The molecule has 110 valence electrons. The van der Waals surface area contributed by atoms with Crippen LogP contribution in [0.3, 0.4) is 0 Å². The van der Waals surface area contributed by atoms with Gasteiger partial charge in [-0.2, -0.15) is 0 Å². The van der Waals surface area contributed by atoms with Gasteiger partial charge in [0.2, 0.25) is 5.91 Å². The molecule has 21 heavy (non-hydrogen) atoms. The zero-order chi connectivity index (χ0) is 14.7. The van der Waals surface area contributed by atoms with Crippen LogP contribution in [-0.2, 0) is 11.3 Å². The molecule has 1 heterocycles. The summed E-state index contributed by atoms with van der Waals surface area (Å²) in [6, 6.07) is 8.87. The molecule has 4 heteroatoms. The zero-order valence-electron chi connectivity index (χ0n) is 12.1. The predicted octanol–water partition coefficient (Wildman–Crippen LogP) is 2.37. The summed E-state index contributed by atoms with van der Waals surface area (Å²) in [5, 5.41) is 6.05.